The number of ether oxygens (including phenoxy) is 1. The van der Waals surface area contributed by atoms with Gasteiger partial charge in [-0.15, -0.1) is 0 Å². The smallest absolute Gasteiger partial charge is 0.294 e. The molecule has 30 heavy (non-hydrogen) atoms. The molecule has 5 rings (SSSR count). The number of H-pyrrole nitrogens is 1. The van der Waals surface area contributed by atoms with Gasteiger partial charge in [-0.1, -0.05) is 18.5 Å². The number of nitrogens with one attached hydrogen (secondary N) is 2. The molecular weight excluding hydrogens is 405 g/mol. The lowest BCUT2D eigenvalue weighted by Crippen LogP contribution is -2.37. The molecule has 1 amide bonds. The van der Waals surface area contributed by atoms with E-state index in [1.54, 1.807) is 30.3 Å². The van der Waals surface area contributed by atoms with E-state index in [1.165, 1.54) is 12.1 Å². The third kappa shape index (κ3) is 3.65. The molecule has 0 saturated heterocycles. The van der Waals surface area contributed by atoms with E-state index in [1.807, 2.05) is 0 Å². The van der Waals surface area contributed by atoms with Crippen molar-refractivity contribution in [3.05, 3.63) is 58.9 Å². The molecule has 3 aromatic rings. The van der Waals surface area contributed by atoms with Crippen molar-refractivity contribution >= 4 is 28.5 Å². The average molecular weight is 428 g/mol. The summed E-state index contributed by atoms with van der Waals surface area (Å²) >= 11 is 5.91. The van der Waals surface area contributed by atoms with Gasteiger partial charge in [0, 0.05) is 16.6 Å². The van der Waals surface area contributed by atoms with Crippen molar-refractivity contribution in [2.24, 2.45) is 17.8 Å². The zero-order chi connectivity index (χ0) is 20.8. The molecule has 1 heterocycles. The molecule has 3 unspecified atom stereocenters. The van der Waals surface area contributed by atoms with Crippen LogP contribution in [0.3, 0.4) is 0 Å². The Bertz CT molecular complexity index is 1070. The van der Waals surface area contributed by atoms with Crippen LogP contribution < -0.4 is 10.1 Å². The summed E-state index contributed by atoms with van der Waals surface area (Å²) in [6, 6.07) is 12.0. The first kappa shape index (κ1) is 19.4. The number of carbonyl (C=O) groups excluding carboxylic acids is 1. The van der Waals surface area contributed by atoms with Gasteiger partial charge in [-0.3, -0.25) is 4.79 Å². The number of amides is 1. The molecule has 0 spiro atoms. The highest BCUT2D eigenvalue weighted by molar-refractivity contribution is 6.30. The van der Waals surface area contributed by atoms with Crippen molar-refractivity contribution < 1.29 is 13.9 Å². The number of imidazole rings is 1. The van der Waals surface area contributed by atoms with Crippen LogP contribution in [0.25, 0.3) is 11.0 Å². The number of hydrogen-bond acceptors (Lipinski definition) is 3. The molecule has 1 aromatic heterocycles. The van der Waals surface area contributed by atoms with Crippen molar-refractivity contribution in [2.75, 3.05) is 0 Å². The van der Waals surface area contributed by atoms with Crippen LogP contribution >= 0.6 is 11.6 Å². The van der Waals surface area contributed by atoms with Crippen molar-refractivity contribution in [3.63, 3.8) is 0 Å². The fourth-order valence-electron chi connectivity index (χ4n) is 5.03. The monoisotopic (exact) mass is 427 g/mol. The lowest BCUT2D eigenvalue weighted by Gasteiger charge is -2.21. The number of halogens is 2. The third-order valence-electron chi connectivity index (χ3n) is 6.50. The number of aromatic nitrogens is 2. The first-order valence-corrected chi connectivity index (χ1v) is 10.8. The van der Waals surface area contributed by atoms with Gasteiger partial charge in [-0.05, 0) is 79.5 Å². The van der Waals surface area contributed by atoms with Crippen LogP contribution in [0.5, 0.6) is 6.01 Å². The summed E-state index contributed by atoms with van der Waals surface area (Å²) in [5, 5.41) is 3.82. The van der Waals surface area contributed by atoms with Gasteiger partial charge in [-0.25, -0.2) is 4.39 Å². The molecule has 2 N–H and O–H groups in total. The van der Waals surface area contributed by atoms with E-state index < -0.39 is 0 Å². The zero-order valence-electron chi connectivity index (χ0n) is 16.6. The van der Waals surface area contributed by atoms with Crippen molar-refractivity contribution in [1.82, 2.24) is 15.3 Å². The Morgan fingerprint density at radius 3 is 2.70 bits per heavy atom. The quantitative estimate of drug-likeness (QED) is 0.583. The second-order valence-electron chi connectivity index (χ2n) is 8.31. The second-order valence-corrected chi connectivity index (χ2v) is 8.75. The fraction of sp³-hybridized carbons (Fsp3) is 0.391. The number of hydrogen-bond donors (Lipinski definition) is 2. The maximum Gasteiger partial charge on any atom is 0.294 e. The Morgan fingerprint density at radius 2 is 2.00 bits per heavy atom. The highest BCUT2D eigenvalue weighted by Crippen LogP contribution is 2.60. The number of aromatic amines is 1. The van der Waals surface area contributed by atoms with E-state index in [-0.39, 0.29) is 23.9 Å². The predicted octanol–water partition coefficient (Wildman–Crippen LogP) is 4.97. The van der Waals surface area contributed by atoms with Gasteiger partial charge in [0.1, 0.15) is 11.9 Å². The topological polar surface area (TPSA) is 67.0 Å². The van der Waals surface area contributed by atoms with Crippen LogP contribution in [0.1, 0.15) is 36.5 Å². The number of rotatable bonds is 6. The molecule has 5 nitrogen and oxygen atoms in total. The average Bonchev–Trinajstić information content (AvgIpc) is 3.05. The minimum atomic E-state index is -0.297. The maximum atomic E-state index is 13.4. The minimum Gasteiger partial charge on any atom is -0.461 e. The molecule has 7 heteroatoms. The molecule has 2 saturated carbocycles. The number of benzene rings is 2. The van der Waals surface area contributed by atoms with Crippen molar-refractivity contribution in [2.45, 2.75) is 38.3 Å². The SMILES string of the molecule is CCC(NC(=O)c1ccc(Cl)cc1)C1[C@H]2CC(Oc3nc4ccc(F)cc4[nH]3)C[C@@H]12. The standard InChI is InChI=1S/C23H23ClFN3O2/c1-2-18(26-22(29)12-3-5-13(24)6-4-12)21-16-10-15(11-17(16)21)30-23-27-19-8-7-14(25)9-20(19)28-23/h3-9,15-18,21H,2,10-11H2,1H3,(H,26,29)(H,27,28)/t15?,16-,17+,18?,21?. The molecule has 2 aromatic carbocycles. The number of nitrogens with zero attached hydrogens (tertiary/aromatic N) is 1. The lowest BCUT2D eigenvalue weighted by molar-refractivity contribution is 0.0923. The van der Waals surface area contributed by atoms with E-state index in [0.717, 1.165) is 19.3 Å². The lowest BCUT2D eigenvalue weighted by atomic mass is 10.00. The normalized spacial score (nSPS) is 25.7. The summed E-state index contributed by atoms with van der Waals surface area (Å²) in [5.41, 5.74) is 1.97. The molecule has 0 aliphatic heterocycles. The highest BCUT2D eigenvalue weighted by atomic mass is 35.5. The van der Waals surface area contributed by atoms with Gasteiger partial charge in [0.05, 0.1) is 11.0 Å². The Hall–Kier alpha value is -2.60. The first-order valence-electron chi connectivity index (χ1n) is 10.4. The second kappa shape index (κ2) is 7.58. The molecule has 2 fully saturated rings. The molecular formula is C23H23ClFN3O2. The zero-order valence-corrected chi connectivity index (χ0v) is 17.3. The molecule has 5 atom stereocenters. The van der Waals surface area contributed by atoms with Crippen molar-refractivity contribution in [1.29, 1.82) is 0 Å². The molecule has 156 valence electrons. The summed E-state index contributed by atoms with van der Waals surface area (Å²) < 4.78 is 19.4. The maximum absolute atomic E-state index is 13.4. The summed E-state index contributed by atoms with van der Waals surface area (Å²) in [4.78, 5) is 20.0. The van der Waals surface area contributed by atoms with Crippen LogP contribution in [0.2, 0.25) is 5.02 Å². The predicted molar refractivity (Wildman–Crippen MR) is 113 cm³/mol. The van der Waals surface area contributed by atoms with Crippen LogP contribution in [0.4, 0.5) is 4.39 Å². The van der Waals surface area contributed by atoms with E-state index in [0.29, 0.717) is 45.4 Å². The van der Waals surface area contributed by atoms with Crippen molar-refractivity contribution in [3.8, 4) is 6.01 Å². The molecule has 2 aliphatic carbocycles. The number of carbonyl (C=O) groups is 1. The van der Waals surface area contributed by atoms with Gasteiger partial charge >= 0.3 is 0 Å². The summed E-state index contributed by atoms with van der Waals surface area (Å²) in [5.74, 6) is 1.27. The summed E-state index contributed by atoms with van der Waals surface area (Å²) in [6.45, 7) is 2.11. The highest BCUT2D eigenvalue weighted by Gasteiger charge is 2.59. The molecule has 0 radical (unpaired) electrons. The van der Waals surface area contributed by atoms with Crippen LogP contribution in [-0.4, -0.2) is 28.0 Å². The van der Waals surface area contributed by atoms with Gasteiger partial charge in [0.2, 0.25) is 0 Å². The van der Waals surface area contributed by atoms with E-state index >= 15 is 0 Å². The molecule has 2 aliphatic rings. The van der Waals surface area contributed by atoms with Gasteiger partial charge < -0.3 is 15.0 Å². The Morgan fingerprint density at radius 1 is 1.27 bits per heavy atom. The van der Waals surface area contributed by atoms with Crippen LogP contribution in [0, 0.1) is 23.6 Å². The van der Waals surface area contributed by atoms with Gasteiger partial charge in [0.15, 0.2) is 0 Å². The Kier molecular flexibility index (Phi) is 4.89. The minimum absolute atomic E-state index is 0.0502. The van der Waals surface area contributed by atoms with Gasteiger partial charge in [0.25, 0.3) is 11.9 Å². The first-order chi connectivity index (χ1) is 14.5. The van der Waals surface area contributed by atoms with E-state index in [2.05, 4.69) is 22.2 Å². The summed E-state index contributed by atoms with van der Waals surface area (Å²) in [6.07, 6.45) is 2.91. The fourth-order valence-corrected chi connectivity index (χ4v) is 5.16. The Balaban J connectivity index is 1.17. The third-order valence-corrected chi connectivity index (χ3v) is 6.75. The van der Waals surface area contributed by atoms with Crippen LogP contribution in [0.15, 0.2) is 42.5 Å². The van der Waals surface area contributed by atoms with E-state index in [4.69, 9.17) is 16.3 Å². The van der Waals surface area contributed by atoms with E-state index in [9.17, 15) is 9.18 Å². The largest absolute Gasteiger partial charge is 0.461 e. The molecule has 0 bridgehead atoms. The van der Waals surface area contributed by atoms with Crippen LogP contribution in [-0.2, 0) is 0 Å². The summed E-state index contributed by atoms with van der Waals surface area (Å²) in [7, 11) is 0. The van der Waals surface area contributed by atoms with Gasteiger partial charge in [-0.2, -0.15) is 4.98 Å². The Labute approximate surface area is 179 Å². The number of fused-ring (bicyclic) bond motifs is 2.